The highest BCUT2D eigenvalue weighted by atomic mass is 32.2. The first-order valence-corrected chi connectivity index (χ1v) is 4.82. The van der Waals surface area contributed by atoms with E-state index >= 15 is 0 Å². The smallest absolute Gasteiger partial charge is 0.256 e. The third-order valence-electron chi connectivity index (χ3n) is 2.12. The lowest BCUT2D eigenvalue weighted by Gasteiger charge is -2.16. The molecule has 4 heteroatoms. The molecule has 0 aliphatic carbocycles. The monoisotopic (exact) mass is 176 g/mol. The van der Waals surface area contributed by atoms with Crippen molar-refractivity contribution < 1.29 is 12.6 Å². The van der Waals surface area contributed by atoms with Crippen molar-refractivity contribution >= 4 is 10.1 Å². The van der Waals surface area contributed by atoms with Crippen LogP contribution in [0.2, 0.25) is 0 Å². The Labute approximate surface area is 67.2 Å². The molecule has 0 amide bonds. The molecule has 0 fully saturated rings. The Balaban J connectivity index is 3.31. The summed E-state index contributed by atoms with van der Waals surface area (Å²) in [7, 11) is -3.40. The fourth-order valence-corrected chi connectivity index (χ4v) is 2.43. The van der Waals surface area contributed by atoms with E-state index in [1.165, 1.54) is 0 Å². The maximum Gasteiger partial charge on any atom is 0.293 e. The third-order valence-corrected chi connectivity index (χ3v) is 3.82. The standard InChI is InChI=1S/C7H12O3S/c1-5-6(2)11(8,9)10-7(5,3)4/h1-4H3. The molecule has 0 saturated heterocycles. The number of hydrogen-bond donors (Lipinski definition) is 0. The number of hydrogen-bond acceptors (Lipinski definition) is 3. The summed E-state index contributed by atoms with van der Waals surface area (Å²) in [5, 5.41) is 0. The first kappa shape index (κ1) is 8.74. The van der Waals surface area contributed by atoms with Crippen LogP contribution in [0.3, 0.4) is 0 Å². The molecular formula is C7H12O3S. The van der Waals surface area contributed by atoms with Crippen molar-refractivity contribution in [3.8, 4) is 0 Å². The minimum absolute atomic E-state index is 0.350. The fraction of sp³-hybridized carbons (Fsp3) is 0.714. The minimum atomic E-state index is -3.40. The molecule has 0 aromatic carbocycles. The van der Waals surface area contributed by atoms with Gasteiger partial charge in [-0.2, -0.15) is 8.42 Å². The Morgan fingerprint density at radius 3 is 1.82 bits per heavy atom. The van der Waals surface area contributed by atoms with Gasteiger partial charge in [-0.1, -0.05) is 0 Å². The van der Waals surface area contributed by atoms with E-state index in [0.29, 0.717) is 4.91 Å². The second-order valence-electron chi connectivity index (χ2n) is 3.23. The molecule has 3 nitrogen and oxygen atoms in total. The topological polar surface area (TPSA) is 43.4 Å². The van der Waals surface area contributed by atoms with E-state index in [2.05, 4.69) is 0 Å². The molecule has 0 unspecified atom stereocenters. The fourth-order valence-electron chi connectivity index (χ4n) is 1.01. The molecule has 1 aliphatic heterocycles. The molecule has 1 heterocycles. The van der Waals surface area contributed by atoms with Gasteiger partial charge in [0.2, 0.25) is 0 Å². The normalized spacial score (nSPS) is 27.6. The summed E-state index contributed by atoms with van der Waals surface area (Å²) < 4.78 is 27.1. The Kier molecular flexibility index (Phi) is 1.65. The Morgan fingerprint density at radius 1 is 1.27 bits per heavy atom. The van der Waals surface area contributed by atoms with Gasteiger partial charge in [0.05, 0.1) is 4.91 Å². The molecule has 64 valence electrons. The van der Waals surface area contributed by atoms with Crippen LogP contribution in [-0.4, -0.2) is 14.0 Å². The zero-order valence-electron chi connectivity index (χ0n) is 7.13. The number of rotatable bonds is 0. The van der Waals surface area contributed by atoms with Crippen molar-refractivity contribution in [2.45, 2.75) is 33.3 Å². The van der Waals surface area contributed by atoms with E-state index < -0.39 is 15.7 Å². The van der Waals surface area contributed by atoms with E-state index in [4.69, 9.17) is 4.18 Å². The van der Waals surface area contributed by atoms with E-state index in [9.17, 15) is 8.42 Å². The maximum atomic E-state index is 11.1. The summed E-state index contributed by atoms with van der Waals surface area (Å²) in [5.41, 5.74) is 0.139. The Morgan fingerprint density at radius 2 is 1.73 bits per heavy atom. The molecule has 11 heavy (non-hydrogen) atoms. The lowest BCUT2D eigenvalue weighted by Crippen LogP contribution is -2.21. The average molecular weight is 176 g/mol. The minimum Gasteiger partial charge on any atom is -0.256 e. The summed E-state index contributed by atoms with van der Waals surface area (Å²) in [4.78, 5) is 0.350. The molecule has 0 atom stereocenters. The highest BCUT2D eigenvalue weighted by Gasteiger charge is 2.39. The van der Waals surface area contributed by atoms with Gasteiger partial charge in [0.15, 0.2) is 0 Å². The summed E-state index contributed by atoms with van der Waals surface area (Å²) in [6.07, 6.45) is 0. The van der Waals surface area contributed by atoms with Crippen LogP contribution in [0.5, 0.6) is 0 Å². The Hall–Kier alpha value is -0.350. The quantitative estimate of drug-likeness (QED) is 0.524. The van der Waals surface area contributed by atoms with Gasteiger partial charge in [-0.25, -0.2) is 0 Å². The summed E-state index contributed by atoms with van der Waals surface area (Å²) in [6, 6.07) is 0. The van der Waals surface area contributed by atoms with Crippen LogP contribution in [0.25, 0.3) is 0 Å². The van der Waals surface area contributed by atoms with Crippen LogP contribution < -0.4 is 0 Å². The van der Waals surface area contributed by atoms with Gasteiger partial charge in [0, 0.05) is 0 Å². The van der Waals surface area contributed by atoms with Crippen LogP contribution >= 0.6 is 0 Å². The molecule has 1 aliphatic rings. The van der Waals surface area contributed by atoms with E-state index in [1.54, 1.807) is 27.7 Å². The van der Waals surface area contributed by atoms with Gasteiger partial charge in [0.1, 0.15) is 5.60 Å². The van der Waals surface area contributed by atoms with E-state index in [0.717, 1.165) is 5.57 Å². The van der Waals surface area contributed by atoms with Crippen LogP contribution in [0, 0.1) is 0 Å². The molecule has 0 spiro atoms. The predicted molar refractivity (Wildman–Crippen MR) is 42.5 cm³/mol. The highest BCUT2D eigenvalue weighted by molar-refractivity contribution is 7.91. The summed E-state index contributed by atoms with van der Waals surface area (Å²) in [6.45, 7) is 6.84. The zero-order valence-corrected chi connectivity index (χ0v) is 7.95. The van der Waals surface area contributed by atoms with Gasteiger partial charge in [-0.3, -0.25) is 4.18 Å². The van der Waals surface area contributed by atoms with Crippen molar-refractivity contribution in [2.24, 2.45) is 0 Å². The Bertz CT molecular complexity index is 309. The zero-order chi connectivity index (χ0) is 8.86. The second-order valence-corrected chi connectivity index (χ2v) is 4.92. The third kappa shape index (κ3) is 1.20. The van der Waals surface area contributed by atoms with Crippen LogP contribution in [0.15, 0.2) is 10.5 Å². The van der Waals surface area contributed by atoms with Crippen molar-refractivity contribution in [2.75, 3.05) is 0 Å². The largest absolute Gasteiger partial charge is 0.293 e. The summed E-state index contributed by atoms with van der Waals surface area (Å²) >= 11 is 0. The molecule has 1 rings (SSSR count). The molecule has 0 aromatic heterocycles. The van der Waals surface area contributed by atoms with Crippen molar-refractivity contribution in [1.29, 1.82) is 0 Å². The lowest BCUT2D eigenvalue weighted by molar-refractivity contribution is 0.171. The number of allylic oxidation sites excluding steroid dienone is 1. The average Bonchev–Trinajstić information content (AvgIpc) is 1.91. The molecule has 0 radical (unpaired) electrons. The highest BCUT2D eigenvalue weighted by Crippen LogP contribution is 2.36. The first-order chi connectivity index (χ1) is 4.77. The predicted octanol–water partition coefficient (Wildman–Crippen LogP) is 1.42. The molecule has 0 bridgehead atoms. The van der Waals surface area contributed by atoms with Gasteiger partial charge < -0.3 is 0 Å². The van der Waals surface area contributed by atoms with E-state index in [-0.39, 0.29) is 0 Å². The molecular weight excluding hydrogens is 164 g/mol. The van der Waals surface area contributed by atoms with Crippen LogP contribution in [-0.2, 0) is 14.3 Å². The van der Waals surface area contributed by atoms with Crippen molar-refractivity contribution in [3.05, 3.63) is 10.5 Å². The van der Waals surface area contributed by atoms with E-state index in [1.807, 2.05) is 0 Å². The molecule has 0 aromatic rings. The van der Waals surface area contributed by atoms with Crippen molar-refractivity contribution in [3.63, 3.8) is 0 Å². The SMILES string of the molecule is CC1=C(C)S(=O)(=O)OC1(C)C. The first-order valence-electron chi connectivity index (χ1n) is 3.41. The van der Waals surface area contributed by atoms with Gasteiger partial charge in [-0.15, -0.1) is 0 Å². The van der Waals surface area contributed by atoms with Gasteiger partial charge in [-0.05, 0) is 33.3 Å². The van der Waals surface area contributed by atoms with Gasteiger partial charge in [0.25, 0.3) is 10.1 Å². The van der Waals surface area contributed by atoms with Crippen LogP contribution in [0.1, 0.15) is 27.7 Å². The second kappa shape index (κ2) is 2.08. The van der Waals surface area contributed by atoms with Crippen LogP contribution in [0.4, 0.5) is 0 Å². The molecule has 0 N–H and O–H groups in total. The molecule has 0 saturated carbocycles. The lowest BCUT2D eigenvalue weighted by atomic mass is 10.0. The maximum absolute atomic E-state index is 11.1. The summed E-state index contributed by atoms with van der Waals surface area (Å²) in [5.74, 6) is 0. The van der Waals surface area contributed by atoms with Crippen molar-refractivity contribution in [1.82, 2.24) is 0 Å². The van der Waals surface area contributed by atoms with Gasteiger partial charge >= 0.3 is 0 Å².